The minimum absolute atomic E-state index is 0.0121. The van der Waals surface area contributed by atoms with E-state index in [-0.39, 0.29) is 23.3 Å². The van der Waals surface area contributed by atoms with Crippen molar-refractivity contribution in [1.82, 2.24) is 10.2 Å². The summed E-state index contributed by atoms with van der Waals surface area (Å²) in [6.07, 6.45) is 6.14. The molecule has 1 saturated carbocycles. The summed E-state index contributed by atoms with van der Waals surface area (Å²) in [6, 6.07) is -0.292. The molecule has 1 aliphatic heterocycles. The Labute approximate surface area is 122 Å². The summed E-state index contributed by atoms with van der Waals surface area (Å²) in [7, 11) is 0. The summed E-state index contributed by atoms with van der Waals surface area (Å²) in [5.74, 6) is 0.109. The van der Waals surface area contributed by atoms with Crippen molar-refractivity contribution in [2.45, 2.75) is 77.8 Å². The van der Waals surface area contributed by atoms with Gasteiger partial charge in [-0.3, -0.25) is 9.59 Å². The van der Waals surface area contributed by atoms with Crippen molar-refractivity contribution in [3.63, 3.8) is 0 Å². The number of carbonyl (C=O) groups is 2. The molecule has 20 heavy (non-hydrogen) atoms. The number of piperazine rings is 1. The highest BCUT2D eigenvalue weighted by molar-refractivity contribution is 5.99. The maximum atomic E-state index is 12.8. The molecule has 0 aromatic carbocycles. The normalized spacial score (nSPS) is 33.4. The monoisotopic (exact) mass is 280 g/mol. The fraction of sp³-hybridized carbons (Fsp3) is 0.875. The first kappa shape index (κ1) is 15.3. The van der Waals surface area contributed by atoms with E-state index in [4.69, 9.17) is 0 Å². The first-order valence-corrected chi connectivity index (χ1v) is 7.98. The van der Waals surface area contributed by atoms with Crippen molar-refractivity contribution in [3.8, 4) is 0 Å². The zero-order valence-corrected chi connectivity index (χ0v) is 13.3. The van der Waals surface area contributed by atoms with Gasteiger partial charge in [0.15, 0.2) is 0 Å². The highest BCUT2D eigenvalue weighted by Crippen LogP contribution is 2.39. The Hall–Kier alpha value is -1.06. The van der Waals surface area contributed by atoms with Gasteiger partial charge in [0, 0.05) is 6.54 Å². The Bertz CT molecular complexity index is 401. The van der Waals surface area contributed by atoms with Crippen LogP contribution in [0.15, 0.2) is 0 Å². The third-order valence-electron chi connectivity index (χ3n) is 5.27. The van der Waals surface area contributed by atoms with Gasteiger partial charge in [-0.05, 0) is 38.0 Å². The second kappa shape index (κ2) is 5.38. The third kappa shape index (κ3) is 2.57. The second-order valence-corrected chi connectivity index (χ2v) is 7.05. The molecule has 2 aliphatic rings. The van der Waals surface area contributed by atoms with E-state index in [0.29, 0.717) is 12.8 Å². The number of rotatable bonds is 4. The molecule has 1 N–H and O–H groups in total. The Morgan fingerprint density at radius 3 is 2.30 bits per heavy atom. The van der Waals surface area contributed by atoms with E-state index in [1.807, 2.05) is 25.7 Å². The van der Waals surface area contributed by atoms with Crippen molar-refractivity contribution in [2.75, 3.05) is 6.54 Å². The molecule has 0 spiro atoms. The molecule has 0 aromatic heterocycles. The lowest BCUT2D eigenvalue weighted by Gasteiger charge is -2.46. The van der Waals surface area contributed by atoms with Crippen LogP contribution in [-0.2, 0) is 9.59 Å². The van der Waals surface area contributed by atoms with Crippen molar-refractivity contribution >= 4 is 11.8 Å². The van der Waals surface area contributed by atoms with E-state index in [0.717, 1.165) is 19.4 Å². The van der Waals surface area contributed by atoms with Crippen LogP contribution in [0.5, 0.6) is 0 Å². The number of hydrogen-bond donors (Lipinski definition) is 1. The van der Waals surface area contributed by atoms with E-state index in [2.05, 4.69) is 12.2 Å². The van der Waals surface area contributed by atoms with Gasteiger partial charge in [0.05, 0.1) is 0 Å². The summed E-state index contributed by atoms with van der Waals surface area (Å²) in [6.45, 7) is 8.78. The van der Waals surface area contributed by atoms with Crippen molar-refractivity contribution < 1.29 is 9.59 Å². The smallest absolute Gasteiger partial charge is 0.248 e. The first-order chi connectivity index (χ1) is 9.35. The van der Waals surface area contributed by atoms with E-state index < -0.39 is 5.54 Å². The van der Waals surface area contributed by atoms with Crippen LogP contribution in [0.4, 0.5) is 0 Å². The fourth-order valence-electron chi connectivity index (χ4n) is 3.63. The third-order valence-corrected chi connectivity index (χ3v) is 5.27. The summed E-state index contributed by atoms with van der Waals surface area (Å²) in [4.78, 5) is 27.0. The summed E-state index contributed by atoms with van der Waals surface area (Å²) in [5, 5.41) is 2.93. The summed E-state index contributed by atoms with van der Waals surface area (Å²) < 4.78 is 0. The van der Waals surface area contributed by atoms with Crippen molar-refractivity contribution in [2.24, 2.45) is 5.41 Å². The van der Waals surface area contributed by atoms with Crippen LogP contribution in [0.2, 0.25) is 0 Å². The molecule has 2 fully saturated rings. The maximum absolute atomic E-state index is 12.8. The van der Waals surface area contributed by atoms with E-state index >= 15 is 0 Å². The molecule has 114 valence electrons. The van der Waals surface area contributed by atoms with Gasteiger partial charge in [0.1, 0.15) is 11.6 Å². The summed E-state index contributed by atoms with van der Waals surface area (Å²) >= 11 is 0. The molecule has 4 nitrogen and oxygen atoms in total. The van der Waals surface area contributed by atoms with E-state index in [1.165, 1.54) is 12.8 Å². The lowest BCUT2D eigenvalue weighted by Crippen LogP contribution is -2.69. The molecule has 0 radical (unpaired) electrons. The lowest BCUT2D eigenvalue weighted by molar-refractivity contribution is -0.156. The average Bonchev–Trinajstić information content (AvgIpc) is 2.83. The average molecular weight is 280 g/mol. The molecule has 4 heteroatoms. The Morgan fingerprint density at radius 1 is 1.20 bits per heavy atom. The highest BCUT2D eigenvalue weighted by atomic mass is 16.2. The number of carbonyl (C=O) groups excluding carboxylic acids is 2. The SMILES string of the molecule is CCC1C(=O)NC(C)(CC)C(=O)N1CC1(C)CCCC1. The van der Waals surface area contributed by atoms with E-state index in [9.17, 15) is 9.59 Å². The van der Waals surface area contributed by atoms with Gasteiger partial charge in [0.2, 0.25) is 11.8 Å². The quantitative estimate of drug-likeness (QED) is 0.860. The fourth-order valence-corrected chi connectivity index (χ4v) is 3.63. The lowest BCUT2D eigenvalue weighted by atomic mass is 9.84. The van der Waals surface area contributed by atoms with Gasteiger partial charge >= 0.3 is 0 Å². The van der Waals surface area contributed by atoms with Crippen LogP contribution in [0.25, 0.3) is 0 Å². The molecule has 2 rings (SSSR count). The molecule has 2 atom stereocenters. The van der Waals surface area contributed by atoms with Crippen LogP contribution in [-0.4, -0.2) is 34.8 Å². The van der Waals surface area contributed by atoms with Crippen LogP contribution < -0.4 is 5.32 Å². The largest absolute Gasteiger partial charge is 0.340 e. The molecular weight excluding hydrogens is 252 g/mol. The number of nitrogens with one attached hydrogen (secondary N) is 1. The topological polar surface area (TPSA) is 49.4 Å². The molecule has 0 aromatic rings. The summed E-state index contributed by atoms with van der Waals surface area (Å²) in [5.41, 5.74) is -0.535. The predicted molar refractivity (Wildman–Crippen MR) is 79.2 cm³/mol. The molecule has 1 heterocycles. The van der Waals surface area contributed by atoms with Crippen LogP contribution in [0.3, 0.4) is 0 Å². The standard InChI is InChI=1S/C16H28N2O2/c1-5-12-13(19)17-16(4,6-2)14(20)18(12)11-15(3)9-7-8-10-15/h12H,5-11H2,1-4H3,(H,17,19). The minimum Gasteiger partial charge on any atom is -0.340 e. The van der Waals surface area contributed by atoms with Crippen LogP contribution >= 0.6 is 0 Å². The number of nitrogens with zero attached hydrogens (tertiary/aromatic N) is 1. The van der Waals surface area contributed by atoms with Crippen LogP contribution in [0, 0.1) is 5.41 Å². The highest BCUT2D eigenvalue weighted by Gasteiger charge is 2.48. The van der Waals surface area contributed by atoms with Gasteiger partial charge in [-0.1, -0.05) is 33.6 Å². The maximum Gasteiger partial charge on any atom is 0.248 e. The van der Waals surface area contributed by atoms with Gasteiger partial charge in [0.25, 0.3) is 0 Å². The first-order valence-electron chi connectivity index (χ1n) is 7.98. The van der Waals surface area contributed by atoms with E-state index in [1.54, 1.807) is 0 Å². The van der Waals surface area contributed by atoms with Gasteiger partial charge in [-0.15, -0.1) is 0 Å². The van der Waals surface area contributed by atoms with Crippen molar-refractivity contribution in [1.29, 1.82) is 0 Å². The molecule has 1 aliphatic carbocycles. The number of hydrogen-bond acceptors (Lipinski definition) is 2. The minimum atomic E-state index is -0.724. The molecule has 0 bridgehead atoms. The molecule has 2 amide bonds. The van der Waals surface area contributed by atoms with Crippen molar-refractivity contribution in [3.05, 3.63) is 0 Å². The Balaban J connectivity index is 2.25. The number of amides is 2. The predicted octanol–water partition coefficient (Wildman–Crippen LogP) is 2.47. The van der Waals surface area contributed by atoms with Gasteiger partial charge in [-0.2, -0.15) is 0 Å². The molecule has 2 unspecified atom stereocenters. The molecular formula is C16H28N2O2. The zero-order valence-electron chi connectivity index (χ0n) is 13.3. The zero-order chi connectivity index (χ0) is 15.0. The Kier molecular flexibility index (Phi) is 4.12. The van der Waals surface area contributed by atoms with Gasteiger partial charge < -0.3 is 10.2 Å². The second-order valence-electron chi connectivity index (χ2n) is 7.05. The Morgan fingerprint density at radius 2 is 1.80 bits per heavy atom. The van der Waals surface area contributed by atoms with Crippen LogP contribution in [0.1, 0.15) is 66.2 Å². The molecule has 1 saturated heterocycles. The van der Waals surface area contributed by atoms with Gasteiger partial charge in [-0.25, -0.2) is 0 Å².